The Morgan fingerprint density at radius 2 is 1.70 bits per heavy atom. The first-order valence-corrected chi connectivity index (χ1v) is 12.2. The van der Waals surface area contributed by atoms with Crippen molar-refractivity contribution < 1.29 is 28.9 Å². The van der Waals surface area contributed by atoms with Crippen LogP contribution < -0.4 is 14.2 Å². The summed E-state index contributed by atoms with van der Waals surface area (Å²) >= 11 is 0. The lowest BCUT2D eigenvalue weighted by Gasteiger charge is -2.26. The third kappa shape index (κ3) is 5.45. The quantitative estimate of drug-likeness (QED) is 0.237. The second-order valence-electron chi connectivity index (χ2n) is 8.94. The van der Waals surface area contributed by atoms with Gasteiger partial charge in [0, 0.05) is 11.1 Å². The molecule has 1 aliphatic heterocycles. The van der Waals surface area contributed by atoms with Crippen LogP contribution in [0.25, 0.3) is 5.76 Å². The van der Waals surface area contributed by atoms with Crippen molar-refractivity contribution in [2.24, 2.45) is 0 Å². The molecule has 3 aromatic carbocycles. The largest absolute Gasteiger partial charge is 0.507 e. The lowest BCUT2D eigenvalue weighted by Crippen LogP contribution is -2.29. The van der Waals surface area contributed by atoms with Crippen LogP contribution in [-0.4, -0.2) is 41.5 Å². The number of methoxy groups -OCH3 is 1. The van der Waals surface area contributed by atoms with Gasteiger partial charge in [0.1, 0.15) is 23.0 Å². The van der Waals surface area contributed by atoms with Crippen molar-refractivity contribution >= 4 is 17.4 Å². The van der Waals surface area contributed by atoms with Crippen molar-refractivity contribution in [3.05, 3.63) is 95.1 Å². The molecule has 0 aromatic heterocycles. The molecule has 1 atom stereocenters. The maximum Gasteiger partial charge on any atom is 0.295 e. The molecule has 1 fully saturated rings. The highest BCUT2D eigenvalue weighted by Gasteiger charge is 2.46. The first-order chi connectivity index (χ1) is 17.8. The summed E-state index contributed by atoms with van der Waals surface area (Å²) in [5.74, 6) is 0.165. The van der Waals surface area contributed by atoms with Gasteiger partial charge in [-0.1, -0.05) is 30.3 Å². The molecule has 1 N–H and O–H groups in total. The van der Waals surface area contributed by atoms with E-state index in [1.165, 1.54) is 4.90 Å². The molecular weight excluding hydrogens is 470 g/mol. The molecule has 192 valence electrons. The van der Waals surface area contributed by atoms with Crippen LogP contribution in [0.4, 0.5) is 0 Å². The molecule has 1 saturated heterocycles. The molecule has 0 bridgehead atoms. The van der Waals surface area contributed by atoms with Gasteiger partial charge < -0.3 is 24.2 Å². The summed E-state index contributed by atoms with van der Waals surface area (Å²) in [6.45, 7) is 6.36. The standard InChI is InChI=1S/C30H31NO6/c1-5-36-23-15-13-20(14-16-23)28(32)26-27(21-10-8-11-24(17-21)37-19(2)3)31(30(34)29(26)33)18-22-9-6-7-12-25(22)35-4/h6-17,19,27,32H,5,18H2,1-4H3/b28-26-. The van der Waals surface area contributed by atoms with Gasteiger partial charge in [0.2, 0.25) is 0 Å². The Hall–Kier alpha value is -4.26. The number of nitrogens with zero attached hydrogens (tertiary/aromatic N) is 1. The summed E-state index contributed by atoms with van der Waals surface area (Å²) in [6, 6.07) is 20.5. The minimum Gasteiger partial charge on any atom is -0.507 e. The molecule has 37 heavy (non-hydrogen) atoms. The van der Waals surface area contributed by atoms with E-state index < -0.39 is 17.7 Å². The number of likely N-dealkylation sites (tertiary alicyclic amines) is 1. The normalized spacial score (nSPS) is 16.8. The van der Waals surface area contributed by atoms with E-state index in [1.54, 1.807) is 43.5 Å². The van der Waals surface area contributed by atoms with Gasteiger partial charge in [-0.25, -0.2) is 0 Å². The molecule has 0 aliphatic carbocycles. The summed E-state index contributed by atoms with van der Waals surface area (Å²) in [7, 11) is 1.56. The number of benzene rings is 3. The van der Waals surface area contributed by atoms with Gasteiger partial charge >= 0.3 is 0 Å². The maximum absolute atomic E-state index is 13.4. The van der Waals surface area contributed by atoms with Crippen LogP contribution in [0, 0.1) is 0 Å². The average molecular weight is 502 g/mol. The molecule has 1 unspecified atom stereocenters. The molecule has 1 heterocycles. The van der Waals surface area contributed by atoms with Crippen LogP contribution in [0.2, 0.25) is 0 Å². The van der Waals surface area contributed by atoms with Crippen LogP contribution in [0.3, 0.4) is 0 Å². The van der Waals surface area contributed by atoms with Crippen LogP contribution in [0.1, 0.15) is 43.5 Å². The zero-order valence-electron chi connectivity index (χ0n) is 21.4. The van der Waals surface area contributed by atoms with E-state index in [1.807, 2.05) is 57.2 Å². The number of ether oxygens (including phenoxy) is 3. The molecule has 0 spiro atoms. The van der Waals surface area contributed by atoms with Crippen LogP contribution in [0.15, 0.2) is 78.4 Å². The number of hydrogen-bond acceptors (Lipinski definition) is 6. The summed E-state index contributed by atoms with van der Waals surface area (Å²) in [6.07, 6.45) is -0.0564. The predicted molar refractivity (Wildman–Crippen MR) is 141 cm³/mol. The van der Waals surface area contributed by atoms with Gasteiger partial charge in [0.05, 0.1) is 38.0 Å². The van der Waals surface area contributed by atoms with Crippen molar-refractivity contribution in [1.29, 1.82) is 0 Å². The number of ketones is 1. The van der Waals surface area contributed by atoms with Gasteiger partial charge in [-0.2, -0.15) is 0 Å². The number of rotatable bonds is 9. The van der Waals surface area contributed by atoms with E-state index in [2.05, 4.69) is 0 Å². The van der Waals surface area contributed by atoms with E-state index in [4.69, 9.17) is 14.2 Å². The predicted octanol–water partition coefficient (Wildman–Crippen LogP) is 5.50. The molecule has 4 rings (SSSR count). The number of aliphatic hydroxyl groups excluding tert-OH is 1. The smallest absolute Gasteiger partial charge is 0.295 e. The highest BCUT2D eigenvalue weighted by Crippen LogP contribution is 2.42. The molecule has 0 radical (unpaired) electrons. The van der Waals surface area contributed by atoms with Crippen molar-refractivity contribution in [1.82, 2.24) is 4.90 Å². The average Bonchev–Trinajstić information content (AvgIpc) is 3.14. The van der Waals surface area contributed by atoms with E-state index >= 15 is 0 Å². The number of para-hydroxylation sites is 1. The van der Waals surface area contributed by atoms with Crippen LogP contribution in [0.5, 0.6) is 17.2 Å². The van der Waals surface area contributed by atoms with E-state index in [-0.39, 0.29) is 24.0 Å². The Bertz CT molecular complexity index is 1310. The molecule has 7 heteroatoms. The number of hydrogen-bond donors (Lipinski definition) is 1. The Kier molecular flexibility index (Phi) is 7.82. The maximum atomic E-state index is 13.4. The third-order valence-corrected chi connectivity index (χ3v) is 6.06. The summed E-state index contributed by atoms with van der Waals surface area (Å²) < 4.78 is 16.8. The van der Waals surface area contributed by atoms with Crippen molar-refractivity contribution in [3.8, 4) is 17.2 Å². The molecule has 1 aliphatic rings. The number of carbonyl (C=O) groups excluding carboxylic acids is 2. The highest BCUT2D eigenvalue weighted by molar-refractivity contribution is 6.46. The van der Waals surface area contributed by atoms with Gasteiger partial charge in [-0.3, -0.25) is 9.59 Å². The summed E-state index contributed by atoms with van der Waals surface area (Å²) in [4.78, 5) is 28.2. The topological polar surface area (TPSA) is 85.3 Å². The summed E-state index contributed by atoms with van der Waals surface area (Å²) in [5, 5.41) is 11.3. The fraction of sp³-hybridized carbons (Fsp3) is 0.267. The van der Waals surface area contributed by atoms with E-state index in [9.17, 15) is 14.7 Å². The summed E-state index contributed by atoms with van der Waals surface area (Å²) in [5.41, 5.74) is 1.83. The highest BCUT2D eigenvalue weighted by atomic mass is 16.5. The van der Waals surface area contributed by atoms with E-state index in [0.717, 1.165) is 5.56 Å². The van der Waals surface area contributed by atoms with Gasteiger partial charge in [0.15, 0.2) is 0 Å². The lowest BCUT2D eigenvalue weighted by atomic mass is 9.95. The zero-order chi connectivity index (χ0) is 26.5. The minimum absolute atomic E-state index is 0.0192. The fourth-order valence-electron chi connectivity index (χ4n) is 4.47. The molecule has 3 aromatic rings. The third-order valence-electron chi connectivity index (χ3n) is 6.06. The fourth-order valence-corrected chi connectivity index (χ4v) is 4.47. The van der Waals surface area contributed by atoms with Gasteiger partial charge in [-0.05, 0) is 68.8 Å². The lowest BCUT2D eigenvalue weighted by molar-refractivity contribution is -0.140. The Labute approximate surface area is 216 Å². The second-order valence-corrected chi connectivity index (χ2v) is 8.94. The number of carbonyl (C=O) groups is 2. The minimum atomic E-state index is -0.827. The number of aliphatic hydroxyl groups is 1. The first-order valence-electron chi connectivity index (χ1n) is 12.2. The van der Waals surface area contributed by atoms with Gasteiger partial charge in [0.25, 0.3) is 11.7 Å². The van der Waals surface area contributed by atoms with E-state index in [0.29, 0.717) is 35.0 Å². The van der Waals surface area contributed by atoms with Crippen LogP contribution in [-0.2, 0) is 16.1 Å². The second kappa shape index (κ2) is 11.2. The Balaban J connectivity index is 1.84. The number of amides is 1. The first kappa shape index (κ1) is 25.8. The SMILES string of the molecule is CCOc1ccc(/C(O)=C2/C(=O)C(=O)N(Cc3ccccc3OC)C2c2cccc(OC(C)C)c2)cc1. The Morgan fingerprint density at radius 3 is 2.38 bits per heavy atom. The Morgan fingerprint density at radius 1 is 0.973 bits per heavy atom. The van der Waals surface area contributed by atoms with Crippen molar-refractivity contribution in [3.63, 3.8) is 0 Å². The van der Waals surface area contributed by atoms with Crippen LogP contribution >= 0.6 is 0 Å². The zero-order valence-corrected chi connectivity index (χ0v) is 21.4. The molecule has 0 saturated carbocycles. The van der Waals surface area contributed by atoms with Gasteiger partial charge in [-0.15, -0.1) is 0 Å². The monoisotopic (exact) mass is 501 g/mol. The molecule has 1 amide bonds. The number of Topliss-reactive ketones (excluding diaryl/α,β-unsaturated/α-hetero) is 1. The molecular formula is C30H31NO6. The molecule has 7 nitrogen and oxygen atoms in total. The van der Waals surface area contributed by atoms with Crippen molar-refractivity contribution in [2.75, 3.05) is 13.7 Å². The van der Waals surface area contributed by atoms with Crippen molar-refractivity contribution in [2.45, 2.75) is 39.5 Å².